The van der Waals surface area contributed by atoms with Crippen molar-refractivity contribution in [1.82, 2.24) is 4.98 Å². The molecule has 0 radical (unpaired) electrons. The lowest BCUT2D eigenvalue weighted by Crippen LogP contribution is -1.93. The zero-order valence-electron chi connectivity index (χ0n) is 10.3. The average Bonchev–Trinajstić information content (AvgIpc) is 2.72. The summed E-state index contributed by atoms with van der Waals surface area (Å²) >= 11 is 1.65. The summed E-state index contributed by atoms with van der Waals surface area (Å²) in [5.41, 5.74) is 2.15. The van der Waals surface area contributed by atoms with Crippen LogP contribution >= 0.6 is 11.3 Å². The third-order valence-corrected chi connectivity index (χ3v) is 3.65. The smallest absolute Gasteiger partial charge is 0.183 e. The predicted octanol–water partition coefficient (Wildman–Crippen LogP) is 3.56. The second-order valence-corrected chi connectivity index (χ2v) is 4.61. The molecule has 0 unspecified atom stereocenters. The van der Waals surface area contributed by atoms with Crippen LogP contribution in [0.25, 0.3) is 10.4 Å². The molecule has 2 aromatic rings. The fraction of sp³-hybridized carbons (Fsp3) is 0.308. The molecule has 1 aromatic heterocycles. The molecule has 0 saturated carbocycles. The molecule has 3 nitrogen and oxygen atoms in total. The van der Waals surface area contributed by atoms with E-state index >= 15 is 0 Å². The number of para-hydroxylation sites is 1. The van der Waals surface area contributed by atoms with Crippen LogP contribution in [0.15, 0.2) is 24.3 Å². The molecule has 0 fully saturated rings. The molecule has 0 bridgehead atoms. The number of benzene rings is 1. The number of thiazole rings is 1. The highest BCUT2D eigenvalue weighted by molar-refractivity contribution is 7.19. The van der Waals surface area contributed by atoms with Crippen LogP contribution in [0.4, 0.5) is 5.13 Å². The number of ether oxygens (including phenoxy) is 1. The van der Waals surface area contributed by atoms with Crippen molar-refractivity contribution in [2.24, 2.45) is 0 Å². The van der Waals surface area contributed by atoms with Gasteiger partial charge in [0.2, 0.25) is 0 Å². The van der Waals surface area contributed by atoms with E-state index in [1.807, 2.05) is 39.1 Å². The van der Waals surface area contributed by atoms with Crippen molar-refractivity contribution in [1.29, 1.82) is 0 Å². The fourth-order valence-electron chi connectivity index (χ4n) is 1.69. The minimum Gasteiger partial charge on any atom is -0.493 e. The van der Waals surface area contributed by atoms with Crippen LogP contribution in [0, 0.1) is 6.92 Å². The second kappa shape index (κ2) is 5.19. The van der Waals surface area contributed by atoms with Gasteiger partial charge in [0, 0.05) is 12.6 Å². The summed E-state index contributed by atoms with van der Waals surface area (Å²) in [6.07, 6.45) is 0. The molecule has 0 spiro atoms. The maximum atomic E-state index is 5.65. The summed E-state index contributed by atoms with van der Waals surface area (Å²) in [4.78, 5) is 5.62. The lowest BCUT2D eigenvalue weighted by Gasteiger charge is -2.08. The molecule has 17 heavy (non-hydrogen) atoms. The quantitative estimate of drug-likeness (QED) is 0.898. The Balaban J connectivity index is 2.47. The molecule has 1 heterocycles. The molecule has 4 heteroatoms. The van der Waals surface area contributed by atoms with E-state index in [4.69, 9.17) is 4.74 Å². The Morgan fingerprint density at radius 1 is 1.35 bits per heavy atom. The molecule has 1 N–H and O–H groups in total. The van der Waals surface area contributed by atoms with E-state index in [9.17, 15) is 0 Å². The number of nitrogens with zero attached hydrogens (tertiary/aromatic N) is 1. The zero-order chi connectivity index (χ0) is 12.3. The SMILES string of the molecule is CCOc1ccccc1-c1sc(NC)nc1C. The number of aryl methyl sites for hydroxylation is 1. The standard InChI is InChI=1S/C13H16N2OS/c1-4-16-11-8-6-5-7-10(11)12-9(2)15-13(14-3)17-12/h5-8H,4H2,1-3H3,(H,14,15). The van der Waals surface area contributed by atoms with Gasteiger partial charge in [-0.05, 0) is 26.0 Å². The lowest BCUT2D eigenvalue weighted by molar-refractivity contribution is 0.341. The average molecular weight is 248 g/mol. The first-order valence-electron chi connectivity index (χ1n) is 5.63. The molecule has 0 aliphatic heterocycles. The van der Waals surface area contributed by atoms with E-state index in [0.717, 1.165) is 22.1 Å². The van der Waals surface area contributed by atoms with Gasteiger partial charge in [0.15, 0.2) is 5.13 Å². The maximum absolute atomic E-state index is 5.65. The summed E-state index contributed by atoms with van der Waals surface area (Å²) in [5.74, 6) is 0.921. The van der Waals surface area contributed by atoms with Crippen molar-refractivity contribution in [2.45, 2.75) is 13.8 Å². The van der Waals surface area contributed by atoms with Crippen LogP contribution < -0.4 is 10.1 Å². The Bertz CT molecular complexity index is 508. The van der Waals surface area contributed by atoms with Crippen LogP contribution in [0.3, 0.4) is 0 Å². The van der Waals surface area contributed by atoms with Crippen LogP contribution in [0.5, 0.6) is 5.75 Å². The van der Waals surface area contributed by atoms with Crippen LogP contribution in [0.2, 0.25) is 0 Å². The van der Waals surface area contributed by atoms with Crippen molar-refractivity contribution in [3.05, 3.63) is 30.0 Å². The summed E-state index contributed by atoms with van der Waals surface area (Å²) < 4.78 is 5.65. The van der Waals surface area contributed by atoms with Crippen molar-refractivity contribution in [3.63, 3.8) is 0 Å². The van der Waals surface area contributed by atoms with E-state index in [2.05, 4.69) is 16.4 Å². The van der Waals surface area contributed by atoms with Crippen molar-refractivity contribution < 1.29 is 4.74 Å². The minimum atomic E-state index is 0.674. The first kappa shape index (κ1) is 11.9. The van der Waals surface area contributed by atoms with Crippen LogP contribution in [-0.4, -0.2) is 18.6 Å². The van der Waals surface area contributed by atoms with Crippen molar-refractivity contribution >= 4 is 16.5 Å². The lowest BCUT2D eigenvalue weighted by atomic mass is 10.1. The molecule has 1 aromatic carbocycles. The number of hydrogen-bond acceptors (Lipinski definition) is 4. The molecular weight excluding hydrogens is 232 g/mol. The maximum Gasteiger partial charge on any atom is 0.183 e. The minimum absolute atomic E-state index is 0.674. The topological polar surface area (TPSA) is 34.1 Å². The van der Waals surface area contributed by atoms with Crippen molar-refractivity contribution in [2.75, 3.05) is 19.0 Å². The highest BCUT2D eigenvalue weighted by Crippen LogP contribution is 2.37. The summed E-state index contributed by atoms with van der Waals surface area (Å²) in [5, 5.41) is 4.01. The van der Waals surface area contributed by atoms with Crippen LogP contribution in [-0.2, 0) is 0 Å². The Hall–Kier alpha value is -1.55. The van der Waals surface area contributed by atoms with Gasteiger partial charge in [-0.2, -0.15) is 0 Å². The zero-order valence-corrected chi connectivity index (χ0v) is 11.1. The van der Waals surface area contributed by atoms with Gasteiger partial charge >= 0.3 is 0 Å². The summed E-state index contributed by atoms with van der Waals surface area (Å²) in [7, 11) is 1.89. The highest BCUT2D eigenvalue weighted by atomic mass is 32.1. The first-order valence-corrected chi connectivity index (χ1v) is 6.45. The largest absolute Gasteiger partial charge is 0.493 e. The van der Waals surface area contributed by atoms with E-state index in [1.54, 1.807) is 11.3 Å². The van der Waals surface area contributed by atoms with Crippen molar-refractivity contribution in [3.8, 4) is 16.2 Å². The molecule has 2 rings (SSSR count). The van der Waals surface area contributed by atoms with Gasteiger partial charge in [0.05, 0.1) is 17.2 Å². The molecule has 90 valence electrons. The molecule has 0 amide bonds. The molecule has 0 aliphatic carbocycles. The molecule has 0 saturated heterocycles. The van der Waals surface area contributed by atoms with Gasteiger partial charge in [0.25, 0.3) is 0 Å². The van der Waals surface area contributed by atoms with Gasteiger partial charge in [-0.1, -0.05) is 23.5 Å². The molecular formula is C13H16N2OS. The van der Waals surface area contributed by atoms with Gasteiger partial charge in [-0.3, -0.25) is 0 Å². The first-order chi connectivity index (χ1) is 8.26. The number of rotatable bonds is 4. The van der Waals surface area contributed by atoms with E-state index in [0.29, 0.717) is 6.61 Å². The van der Waals surface area contributed by atoms with E-state index in [-0.39, 0.29) is 0 Å². The Morgan fingerprint density at radius 3 is 2.76 bits per heavy atom. The second-order valence-electron chi connectivity index (χ2n) is 3.61. The third kappa shape index (κ3) is 2.42. The number of aromatic nitrogens is 1. The Labute approximate surface area is 105 Å². The van der Waals surface area contributed by atoms with E-state index in [1.165, 1.54) is 4.88 Å². The summed E-state index contributed by atoms with van der Waals surface area (Å²) in [6.45, 7) is 4.69. The Morgan fingerprint density at radius 2 is 2.12 bits per heavy atom. The summed E-state index contributed by atoms with van der Waals surface area (Å²) in [6, 6.07) is 8.09. The number of hydrogen-bond donors (Lipinski definition) is 1. The van der Waals surface area contributed by atoms with Gasteiger partial charge in [-0.25, -0.2) is 4.98 Å². The van der Waals surface area contributed by atoms with Crippen LogP contribution in [0.1, 0.15) is 12.6 Å². The van der Waals surface area contributed by atoms with Gasteiger partial charge in [0.1, 0.15) is 5.75 Å². The van der Waals surface area contributed by atoms with Gasteiger partial charge < -0.3 is 10.1 Å². The normalized spacial score (nSPS) is 10.3. The molecule has 0 aliphatic rings. The predicted molar refractivity (Wildman–Crippen MR) is 73.0 cm³/mol. The van der Waals surface area contributed by atoms with Gasteiger partial charge in [-0.15, -0.1) is 0 Å². The Kier molecular flexibility index (Phi) is 3.64. The highest BCUT2D eigenvalue weighted by Gasteiger charge is 2.12. The number of anilines is 1. The molecule has 0 atom stereocenters. The number of nitrogens with one attached hydrogen (secondary N) is 1. The van der Waals surface area contributed by atoms with E-state index < -0.39 is 0 Å². The fourth-order valence-corrected chi connectivity index (χ4v) is 2.64. The third-order valence-electron chi connectivity index (χ3n) is 2.44. The monoisotopic (exact) mass is 248 g/mol.